The third-order valence-corrected chi connectivity index (χ3v) is 8.60. The second kappa shape index (κ2) is 10.0. The molecule has 7 rings (SSSR count). The van der Waals surface area contributed by atoms with Crippen LogP contribution in [0.2, 0.25) is 0 Å². The van der Waals surface area contributed by atoms with Crippen LogP contribution >= 0.6 is 11.3 Å². The Kier molecular flexibility index (Phi) is 6.27. The highest BCUT2D eigenvalue weighted by Gasteiger charge is 2.28. The molecular formula is C31H26F2N6O2S. The number of pyridine rings is 1. The first-order valence-corrected chi connectivity index (χ1v) is 14.6. The molecule has 0 spiro atoms. The van der Waals surface area contributed by atoms with E-state index >= 15 is 4.39 Å². The fourth-order valence-corrected chi connectivity index (χ4v) is 6.39. The van der Waals surface area contributed by atoms with E-state index in [0.29, 0.717) is 45.4 Å². The van der Waals surface area contributed by atoms with Crippen LogP contribution in [0.1, 0.15) is 43.5 Å². The number of thiazole rings is 1. The third kappa shape index (κ3) is 4.32. The Labute approximate surface area is 243 Å². The summed E-state index contributed by atoms with van der Waals surface area (Å²) in [5, 5.41) is 7.32. The van der Waals surface area contributed by atoms with Gasteiger partial charge in [0.05, 0.1) is 23.1 Å². The molecule has 2 N–H and O–H groups in total. The number of hydrogen-bond acceptors (Lipinski definition) is 7. The van der Waals surface area contributed by atoms with Gasteiger partial charge < -0.3 is 10.5 Å². The summed E-state index contributed by atoms with van der Waals surface area (Å²) in [5.74, 6) is -0.545. The zero-order valence-electron chi connectivity index (χ0n) is 22.8. The topological polar surface area (TPSA) is 100 Å². The zero-order valence-corrected chi connectivity index (χ0v) is 23.7. The first-order valence-electron chi connectivity index (χ1n) is 13.7. The molecular weight excluding hydrogens is 558 g/mol. The van der Waals surface area contributed by atoms with Crippen LogP contribution in [0.4, 0.5) is 14.6 Å². The number of aromatic nitrogens is 5. The van der Waals surface area contributed by atoms with Gasteiger partial charge in [0, 0.05) is 16.6 Å². The van der Waals surface area contributed by atoms with Crippen molar-refractivity contribution in [3.63, 3.8) is 0 Å². The van der Waals surface area contributed by atoms with E-state index in [1.807, 2.05) is 25.3 Å². The van der Waals surface area contributed by atoms with Crippen LogP contribution in [0, 0.1) is 18.6 Å². The number of benzene rings is 2. The molecule has 11 heteroatoms. The van der Waals surface area contributed by atoms with Crippen LogP contribution < -0.4 is 16.0 Å². The molecule has 0 amide bonds. The number of hydrogen-bond donors (Lipinski definition) is 1. The number of ether oxygens (including phenoxy) is 1. The van der Waals surface area contributed by atoms with Crippen molar-refractivity contribution in [3.8, 4) is 28.1 Å². The molecule has 0 radical (unpaired) electrons. The van der Waals surface area contributed by atoms with Crippen molar-refractivity contribution in [2.75, 3.05) is 5.73 Å². The fraction of sp³-hybridized carbons (Fsp3) is 0.226. The molecule has 42 heavy (non-hydrogen) atoms. The van der Waals surface area contributed by atoms with E-state index in [2.05, 4.69) is 9.97 Å². The minimum Gasteiger partial charge on any atom is -0.487 e. The molecule has 1 aliphatic carbocycles. The Hall–Kier alpha value is -4.64. The Bertz CT molecular complexity index is 2060. The fourth-order valence-electron chi connectivity index (χ4n) is 5.47. The number of aryl methyl sites for hydroxylation is 1. The van der Waals surface area contributed by atoms with Crippen LogP contribution in [-0.2, 0) is 0 Å². The molecule has 0 aliphatic heterocycles. The van der Waals surface area contributed by atoms with Gasteiger partial charge in [0.2, 0.25) is 0 Å². The predicted octanol–water partition coefficient (Wildman–Crippen LogP) is 6.54. The Balaban J connectivity index is 1.46. The van der Waals surface area contributed by atoms with Gasteiger partial charge in [-0.15, -0.1) is 11.3 Å². The maximum atomic E-state index is 15.1. The van der Waals surface area contributed by atoms with E-state index in [9.17, 15) is 9.18 Å². The Morgan fingerprint density at radius 1 is 1.12 bits per heavy atom. The molecule has 8 nitrogen and oxygen atoms in total. The monoisotopic (exact) mass is 584 g/mol. The summed E-state index contributed by atoms with van der Waals surface area (Å²) < 4.78 is 38.6. The number of fused-ring (bicyclic) bond motifs is 2. The van der Waals surface area contributed by atoms with Crippen LogP contribution in [0.25, 0.3) is 38.2 Å². The SMILES string of the molecule is CCC(c1cc2scc(C)n2c(=O)c1-c1cccc(F)c1)n1nc(-c2ccc(OC3CC3)c(F)c2)c2c(N)ncnc21. The van der Waals surface area contributed by atoms with Crippen molar-refractivity contribution in [2.45, 2.75) is 45.3 Å². The number of anilines is 1. The van der Waals surface area contributed by atoms with E-state index in [0.717, 1.165) is 23.4 Å². The van der Waals surface area contributed by atoms with Crippen LogP contribution in [0.15, 0.2) is 65.0 Å². The van der Waals surface area contributed by atoms with Gasteiger partial charge in [-0.25, -0.2) is 23.4 Å². The second-order valence-electron chi connectivity index (χ2n) is 10.5. The standard InChI is InChI=1S/C31H26F2N6O2S/c1-3-23(21-13-25-38(16(2)14-42-25)31(40)26(21)17-5-4-6-19(32)11-17)39-30-27(29(34)35-15-36-30)28(37-39)18-7-10-24(22(33)12-18)41-20-8-9-20/h4-7,10-15,20,23H,3,8-9H2,1-2H3,(H2,34,35,36). The van der Waals surface area contributed by atoms with E-state index in [1.165, 1.54) is 35.9 Å². The van der Waals surface area contributed by atoms with Crippen molar-refractivity contribution < 1.29 is 13.5 Å². The average molecular weight is 585 g/mol. The molecule has 1 atom stereocenters. The Morgan fingerprint density at radius 2 is 1.95 bits per heavy atom. The molecule has 0 bridgehead atoms. The minimum atomic E-state index is -0.496. The number of nitrogens with two attached hydrogens (primary N) is 1. The first-order chi connectivity index (χ1) is 20.3. The lowest BCUT2D eigenvalue weighted by Gasteiger charge is -2.21. The smallest absolute Gasteiger partial charge is 0.264 e. The van der Waals surface area contributed by atoms with Crippen LogP contribution in [0.3, 0.4) is 0 Å². The van der Waals surface area contributed by atoms with E-state index in [1.54, 1.807) is 33.3 Å². The first kappa shape index (κ1) is 26.3. The molecule has 6 aromatic rings. The summed E-state index contributed by atoms with van der Waals surface area (Å²) in [7, 11) is 0. The average Bonchev–Trinajstić information content (AvgIpc) is 3.59. The van der Waals surface area contributed by atoms with Crippen molar-refractivity contribution in [3.05, 3.63) is 93.5 Å². The van der Waals surface area contributed by atoms with Crippen molar-refractivity contribution in [2.24, 2.45) is 0 Å². The van der Waals surface area contributed by atoms with Gasteiger partial charge in [-0.3, -0.25) is 9.20 Å². The van der Waals surface area contributed by atoms with Crippen LogP contribution in [-0.4, -0.2) is 30.3 Å². The molecule has 0 saturated heterocycles. The van der Waals surface area contributed by atoms with Crippen LogP contribution in [0.5, 0.6) is 5.75 Å². The predicted molar refractivity (Wildman–Crippen MR) is 159 cm³/mol. The highest BCUT2D eigenvalue weighted by molar-refractivity contribution is 7.15. The van der Waals surface area contributed by atoms with Gasteiger partial charge in [-0.05, 0) is 73.7 Å². The van der Waals surface area contributed by atoms with Gasteiger partial charge >= 0.3 is 0 Å². The molecule has 1 fully saturated rings. The Morgan fingerprint density at radius 3 is 2.69 bits per heavy atom. The maximum Gasteiger partial charge on any atom is 0.264 e. The molecule has 1 saturated carbocycles. The van der Waals surface area contributed by atoms with E-state index in [4.69, 9.17) is 15.6 Å². The van der Waals surface area contributed by atoms with Gasteiger partial charge in [0.15, 0.2) is 17.2 Å². The molecule has 212 valence electrons. The van der Waals surface area contributed by atoms with Gasteiger partial charge in [-0.2, -0.15) is 5.10 Å². The summed E-state index contributed by atoms with van der Waals surface area (Å²) in [5.41, 5.74) is 9.75. The van der Waals surface area contributed by atoms with E-state index < -0.39 is 17.7 Å². The summed E-state index contributed by atoms with van der Waals surface area (Å²) >= 11 is 1.45. The largest absolute Gasteiger partial charge is 0.487 e. The van der Waals surface area contributed by atoms with E-state index in [-0.39, 0.29) is 23.2 Å². The highest BCUT2D eigenvalue weighted by Crippen LogP contribution is 2.39. The zero-order chi connectivity index (χ0) is 29.1. The molecule has 4 heterocycles. The van der Waals surface area contributed by atoms with Gasteiger partial charge in [0.1, 0.15) is 28.5 Å². The second-order valence-corrected chi connectivity index (χ2v) is 11.4. The van der Waals surface area contributed by atoms with Crippen molar-refractivity contribution in [1.82, 2.24) is 24.1 Å². The van der Waals surface area contributed by atoms with Crippen molar-refractivity contribution in [1.29, 1.82) is 0 Å². The molecule has 1 aliphatic rings. The quantitative estimate of drug-likeness (QED) is 0.229. The summed E-state index contributed by atoms with van der Waals surface area (Å²) in [6.07, 6.45) is 3.76. The minimum absolute atomic E-state index is 0.0561. The third-order valence-electron chi connectivity index (χ3n) is 7.60. The van der Waals surface area contributed by atoms with Gasteiger partial charge in [0.25, 0.3) is 5.56 Å². The summed E-state index contributed by atoms with van der Waals surface area (Å²) in [6.45, 7) is 3.84. The molecule has 4 aromatic heterocycles. The molecule has 2 aromatic carbocycles. The summed E-state index contributed by atoms with van der Waals surface area (Å²) in [6, 6.07) is 12.2. The molecule has 1 unspecified atom stereocenters. The highest BCUT2D eigenvalue weighted by atomic mass is 32.1. The van der Waals surface area contributed by atoms with Crippen molar-refractivity contribution >= 4 is 33.0 Å². The normalized spacial score (nSPS) is 14.1. The lowest BCUT2D eigenvalue weighted by Crippen LogP contribution is -2.22. The van der Waals surface area contributed by atoms with Gasteiger partial charge in [-0.1, -0.05) is 19.1 Å². The number of nitrogen functional groups attached to an aromatic ring is 1. The lowest BCUT2D eigenvalue weighted by atomic mass is 9.95. The summed E-state index contributed by atoms with van der Waals surface area (Å²) in [4.78, 5) is 23.5. The number of nitrogens with zero attached hydrogens (tertiary/aromatic N) is 5. The number of rotatable bonds is 7. The lowest BCUT2D eigenvalue weighted by molar-refractivity contribution is 0.287. The maximum absolute atomic E-state index is 15.1. The number of halogens is 2.